The monoisotopic (exact) mass is 347 g/mol. The number of carbonyl (C=O) groups excluding carboxylic acids is 3. The van der Waals surface area contributed by atoms with E-state index in [0.29, 0.717) is 30.0 Å². The molecule has 136 valence electrons. The van der Waals surface area contributed by atoms with Crippen LogP contribution >= 0.6 is 0 Å². The molecule has 0 atom stereocenters. The molecule has 0 unspecified atom stereocenters. The van der Waals surface area contributed by atoms with Gasteiger partial charge in [-0.3, -0.25) is 19.3 Å². The second-order valence-corrected chi connectivity index (χ2v) is 6.54. The number of amides is 1. The lowest BCUT2D eigenvalue weighted by Crippen LogP contribution is -2.54. The molecule has 0 aromatic heterocycles. The Morgan fingerprint density at radius 2 is 1.96 bits per heavy atom. The highest BCUT2D eigenvalue weighted by Crippen LogP contribution is 2.38. The van der Waals surface area contributed by atoms with Gasteiger partial charge in [-0.05, 0) is 38.5 Å². The zero-order chi connectivity index (χ0) is 18.6. The average Bonchev–Trinajstić information content (AvgIpc) is 2.58. The van der Waals surface area contributed by atoms with Gasteiger partial charge >= 0.3 is 5.97 Å². The molecule has 0 fully saturated rings. The van der Waals surface area contributed by atoms with Crippen LogP contribution in [0.2, 0.25) is 0 Å². The summed E-state index contributed by atoms with van der Waals surface area (Å²) in [5.74, 6) is -0.379. The minimum atomic E-state index is -1.09. The van der Waals surface area contributed by atoms with Crippen LogP contribution in [0, 0.1) is 0 Å². The van der Waals surface area contributed by atoms with Gasteiger partial charge in [0.25, 0.3) is 5.91 Å². The number of rotatable bonds is 7. The van der Waals surface area contributed by atoms with E-state index in [1.54, 1.807) is 39.0 Å². The molecular formula is C19H25NO5. The van der Waals surface area contributed by atoms with Crippen molar-refractivity contribution in [1.29, 1.82) is 0 Å². The van der Waals surface area contributed by atoms with Crippen LogP contribution in [0.15, 0.2) is 18.2 Å². The van der Waals surface area contributed by atoms with Gasteiger partial charge in [0.1, 0.15) is 12.3 Å². The summed E-state index contributed by atoms with van der Waals surface area (Å²) in [6.07, 6.45) is 2.06. The van der Waals surface area contributed by atoms with Gasteiger partial charge < -0.3 is 9.47 Å². The van der Waals surface area contributed by atoms with E-state index >= 15 is 0 Å². The van der Waals surface area contributed by atoms with E-state index in [4.69, 9.17) is 9.47 Å². The van der Waals surface area contributed by atoms with Crippen molar-refractivity contribution < 1.29 is 23.9 Å². The van der Waals surface area contributed by atoms with Crippen LogP contribution in [0.3, 0.4) is 0 Å². The van der Waals surface area contributed by atoms with Crippen LogP contribution in [-0.4, -0.2) is 36.4 Å². The number of esters is 1. The number of carbonyl (C=O) groups is 3. The summed E-state index contributed by atoms with van der Waals surface area (Å²) < 4.78 is 10.9. The van der Waals surface area contributed by atoms with E-state index in [-0.39, 0.29) is 18.2 Å². The molecule has 1 aromatic carbocycles. The zero-order valence-corrected chi connectivity index (χ0v) is 15.3. The van der Waals surface area contributed by atoms with Crippen LogP contribution < -0.4 is 9.64 Å². The minimum absolute atomic E-state index is 0.0365. The molecular weight excluding hydrogens is 322 g/mol. The molecule has 25 heavy (non-hydrogen) atoms. The second-order valence-electron chi connectivity index (χ2n) is 6.54. The molecule has 0 saturated carbocycles. The Balaban J connectivity index is 2.32. The number of hydrogen-bond donors (Lipinski definition) is 0. The van der Waals surface area contributed by atoms with E-state index in [2.05, 4.69) is 0 Å². The fourth-order valence-corrected chi connectivity index (χ4v) is 2.61. The molecule has 1 aliphatic rings. The lowest BCUT2D eigenvalue weighted by atomic mass is 10.0. The summed E-state index contributed by atoms with van der Waals surface area (Å²) in [5, 5.41) is 0. The molecule has 6 heteroatoms. The molecule has 1 aromatic rings. The van der Waals surface area contributed by atoms with Gasteiger partial charge in [-0.1, -0.05) is 20.3 Å². The molecule has 0 bridgehead atoms. The maximum absolute atomic E-state index is 12.7. The first-order valence-electron chi connectivity index (χ1n) is 8.64. The predicted octanol–water partition coefficient (Wildman–Crippen LogP) is 3.13. The van der Waals surface area contributed by atoms with E-state index in [9.17, 15) is 14.4 Å². The largest absolute Gasteiger partial charge is 0.476 e. The summed E-state index contributed by atoms with van der Waals surface area (Å²) >= 11 is 0. The highest BCUT2D eigenvalue weighted by atomic mass is 16.5. The molecule has 6 nitrogen and oxygen atoms in total. The fourth-order valence-electron chi connectivity index (χ4n) is 2.61. The zero-order valence-electron chi connectivity index (χ0n) is 15.3. The van der Waals surface area contributed by atoms with Crippen molar-refractivity contribution >= 4 is 23.3 Å². The van der Waals surface area contributed by atoms with Gasteiger partial charge in [0.2, 0.25) is 0 Å². The molecule has 1 amide bonds. The van der Waals surface area contributed by atoms with Gasteiger partial charge in [-0.2, -0.15) is 0 Å². The lowest BCUT2D eigenvalue weighted by molar-refractivity contribution is -0.144. The van der Waals surface area contributed by atoms with E-state index in [0.717, 1.165) is 12.8 Å². The number of anilines is 1. The summed E-state index contributed by atoms with van der Waals surface area (Å²) in [6, 6.07) is 4.95. The second kappa shape index (κ2) is 7.68. The third kappa shape index (κ3) is 4.18. The van der Waals surface area contributed by atoms with Crippen molar-refractivity contribution in [3.63, 3.8) is 0 Å². The Morgan fingerprint density at radius 1 is 1.24 bits per heavy atom. The number of ketones is 1. The smallest absolute Gasteiger partial charge is 0.326 e. The van der Waals surface area contributed by atoms with Gasteiger partial charge in [0.05, 0.1) is 12.3 Å². The molecule has 0 radical (unpaired) electrons. The first-order chi connectivity index (χ1) is 11.8. The van der Waals surface area contributed by atoms with Crippen molar-refractivity contribution in [2.24, 2.45) is 0 Å². The first kappa shape index (κ1) is 19.0. The van der Waals surface area contributed by atoms with Crippen molar-refractivity contribution in [2.45, 2.75) is 52.6 Å². The highest BCUT2D eigenvalue weighted by molar-refractivity contribution is 6.06. The molecule has 0 aliphatic carbocycles. The molecule has 0 spiro atoms. The third-order valence-corrected chi connectivity index (χ3v) is 4.07. The Labute approximate surface area is 148 Å². The Morgan fingerprint density at radius 3 is 2.60 bits per heavy atom. The van der Waals surface area contributed by atoms with Crippen LogP contribution in [-0.2, 0) is 14.3 Å². The number of Topliss-reactive ketones (excluding diaryl/α,β-unsaturated/α-hetero) is 1. The number of unbranched alkanes of at least 4 members (excludes halogenated alkanes) is 1. The normalized spacial score (nSPS) is 15.4. The Hall–Kier alpha value is -2.37. The minimum Gasteiger partial charge on any atom is -0.476 e. The Bertz CT molecular complexity index is 680. The lowest BCUT2D eigenvalue weighted by Gasteiger charge is -2.38. The van der Waals surface area contributed by atoms with Gasteiger partial charge in [0.15, 0.2) is 11.4 Å². The van der Waals surface area contributed by atoms with Gasteiger partial charge in [0, 0.05) is 12.0 Å². The molecule has 0 N–H and O–H groups in total. The number of fused-ring (bicyclic) bond motifs is 1. The first-order valence-corrected chi connectivity index (χ1v) is 8.64. The van der Waals surface area contributed by atoms with Crippen molar-refractivity contribution in [2.75, 3.05) is 18.1 Å². The highest BCUT2D eigenvalue weighted by Gasteiger charge is 2.42. The number of hydrogen-bond acceptors (Lipinski definition) is 5. The maximum atomic E-state index is 12.7. The van der Waals surface area contributed by atoms with Crippen molar-refractivity contribution in [3.05, 3.63) is 23.8 Å². The summed E-state index contributed by atoms with van der Waals surface area (Å²) in [5.41, 5.74) is -0.176. The van der Waals surface area contributed by atoms with Crippen molar-refractivity contribution in [3.8, 4) is 5.75 Å². The van der Waals surface area contributed by atoms with Crippen LogP contribution in [0.25, 0.3) is 0 Å². The van der Waals surface area contributed by atoms with Crippen LogP contribution in [0.1, 0.15) is 57.3 Å². The van der Waals surface area contributed by atoms with E-state index in [1.807, 2.05) is 6.92 Å². The quantitative estimate of drug-likeness (QED) is 0.430. The maximum Gasteiger partial charge on any atom is 0.326 e. The van der Waals surface area contributed by atoms with Gasteiger partial charge in [-0.25, -0.2) is 0 Å². The molecule has 2 rings (SSSR count). The van der Waals surface area contributed by atoms with E-state index < -0.39 is 11.6 Å². The Kier molecular flexibility index (Phi) is 5.82. The number of ether oxygens (including phenoxy) is 2. The van der Waals surface area contributed by atoms with E-state index in [1.165, 1.54) is 4.90 Å². The predicted molar refractivity (Wildman–Crippen MR) is 94.0 cm³/mol. The molecule has 1 heterocycles. The summed E-state index contributed by atoms with van der Waals surface area (Å²) in [7, 11) is 0. The van der Waals surface area contributed by atoms with Crippen molar-refractivity contribution in [1.82, 2.24) is 0 Å². The van der Waals surface area contributed by atoms with Gasteiger partial charge in [-0.15, -0.1) is 0 Å². The average molecular weight is 347 g/mol. The summed E-state index contributed by atoms with van der Waals surface area (Å²) in [6.45, 7) is 7.21. The van der Waals surface area contributed by atoms with Crippen LogP contribution in [0.5, 0.6) is 5.75 Å². The molecule has 0 saturated heterocycles. The number of nitrogens with zero attached hydrogens (tertiary/aromatic N) is 1. The fraction of sp³-hybridized carbons (Fsp3) is 0.526. The third-order valence-electron chi connectivity index (χ3n) is 4.07. The number of benzene rings is 1. The summed E-state index contributed by atoms with van der Waals surface area (Å²) in [4.78, 5) is 38.2. The standard InChI is InChI=1S/C19H25NO5/c1-5-7-10-24-17(22)12-20-14-11-13(15(21)6-2)8-9-16(14)25-19(3,4)18(20)23/h8-9,11H,5-7,10,12H2,1-4H3. The van der Waals surface area contributed by atoms with Crippen LogP contribution in [0.4, 0.5) is 5.69 Å². The topological polar surface area (TPSA) is 72.9 Å². The molecule has 1 aliphatic heterocycles. The SMILES string of the molecule is CCCCOC(=O)CN1C(=O)C(C)(C)Oc2ccc(C(=O)CC)cc21.